The highest BCUT2D eigenvalue weighted by Gasteiger charge is 1.98. The fraction of sp³-hybridized carbons (Fsp3) is 0.154. The molecule has 0 saturated heterocycles. The molecule has 0 rings (SSSR count). The van der Waals surface area contributed by atoms with E-state index in [-0.39, 0.29) is 13.2 Å². The number of hydrogen-bond donors (Lipinski definition) is 0. The van der Waals surface area contributed by atoms with Gasteiger partial charge in [0.25, 0.3) is 0 Å². The van der Waals surface area contributed by atoms with E-state index in [4.69, 9.17) is 0 Å². The van der Waals surface area contributed by atoms with Crippen molar-refractivity contribution in [2.75, 3.05) is 26.6 Å². The van der Waals surface area contributed by atoms with Gasteiger partial charge in [-0.25, -0.2) is 4.89 Å². The second-order valence-corrected chi connectivity index (χ2v) is 4.20. The van der Waals surface area contributed by atoms with Crippen molar-refractivity contribution in [3.63, 3.8) is 0 Å². The van der Waals surface area contributed by atoms with Gasteiger partial charge in [-0.05, 0) is 20.2 Å². The molecule has 0 bridgehead atoms. The molecule has 0 atom stereocenters. The molecule has 0 aromatic heterocycles. The predicted molar refractivity (Wildman–Crippen MR) is 166 cm³/mol. The molecule has 0 heterocycles. The smallest absolute Gasteiger partial charge is 0.305 e. The maximum absolute atomic E-state index is 10.5. The third-order valence-electron chi connectivity index (χ3n) is 1.02. The summed E-state index contributed by atoms with van der Waals surface area (Å²) in [6.07, 6.45) is 2.10. The molecule has 0 aliphatic carbocycles. The molecule has 0 radical (unpaired) electrons. The summed E-state index contributed by atoms with van der Waals surface area (Å²) in [4.78, 5) is 8.32. The Balaban J connectivity index is -0.0000000448. The first-order valence-electron chi connectivity index (χ1n) is 9.87. The Bertz CT molecular complexity index is 477. The van der Waals surface area contributed by atoms with Crippen molar-refractivity contribution < 1.29 is 72.5 Å². The van der Waals surface area contributed by atoms with Crippen LogP contribution in [0.1, 0.15) is 0 Å². The molecule has 0 aliphatic rings. The van der Waals surface area contributed by atoms with Crippen molar-refractivity contribution in [2.24, 2.45) is 0 Å². The van der Waals surface area contributed by atoms with Crippen LogP contribution in [-0.4, -0.2) is 35.0 Å². The maximum atomic E-state index is 10.5. The van der Waals surface area contributed by atoms with Crippen LogP contribution >= 0.6 is 0 Å². The van der Waals surface area contributed by atoms with Crippen LogP contribution in [0.3, 0.4) is 0 Å². The highest BCUT2D eigenvalue weighted by Crippen LogP contribution is 1.93. The molecule has 252 valence electrons. The Labute approximate surface area is 253 Å². The van der Waals surface area contributed by atoms with Crippen LogP contribution < -0.4 is 0 Å². The van der Waals surface area contributed by atoms with Gasteiger partial charge in [0.1, 0.15) is 12.9 Å². The number of rotatable bonds is 16. The normalized spacial score (nSPS) is 7.19. The summed E-state index contributed by atoms with van der Waals surface area (Å²) in [5.74, 6) is 0. The summed E-state index contributed by atoms with van der Waals surface area (Å²) in [7, 11) is -2.20. The van der Waals surface area contributed by atoms with E-state index in [1.807, 2.05) is 0 Å². The summed E-state index contributed by atoms with van der Waals surface area (Å²) < 4.78 is 29.6. The zero-order valence-electron chi connectivity index (χ0n) is 25.2. The molecule has 0 aromatic rings. The molecule has 42 heavy (non-hydrogen) atoms. The van der Waals surface area contributed by atoms with Crippen LogP contribution in [0.2, 0.25) is 0 Å². The molecular weight excluding hydrogens is 584 g/mol. The summed E-state index contributed by atoms with van der Waals surface area (Å²) in [5, 5.41) is 33.3. The molecular formula is C26H52O15S. The van der Waals surface area contributed by atoms with Gasteiger partial charge in [-0.15, -0.1) is 132 Å². The molecule has 0 fully saturated rings. The van der Waals surface area contributed by atoms with Crippen molar-refractivity contribution in [1.82, 2.24) is 0 Å². The first kappa shape index (κ1) is 71.5. The van der Waals surface area contributed by atoms with Crippen LogP contribution in [0.5, 0.6) is 0 Å². The third kappa shape index (κ3) is 194. The monoisotopic (exact) mass is 636 g/mol. The number of methoxy groups -OCH3 is 1. The van der Waals surface area contributed by atoms with Gasteiger partial charge in [-0.1, -0.05) is 0 Å². The third-order valence-corrected chi connectivity index (χ3v) is 1.48. The standard InChI is InChI=1S/C6H12O15S.10C2H4/c1-9-3-4-10-13-15-17-19-21-20-18-16-14-11-5-6-12-22(2,7)8;10*1-2/h5-6H,3-4H2,1-2H3;10*1-2H2/b6-5-;;;;;;;;;;. The van der Waals surface area contributed by atoms with Crippen LogP contribution in [0.4, 0.5) is 0 Å². The molecule has 0 saturated carbocycles. The molecule has 15 nitrogen and oxygen atoms in total. The lowest BCUT2D eigenvalue weighted by atomic mass is 10.8. The summed E-state index contributed by atoms with van der Waals surface area (Å²) in [5.41, 5.74) is 0. The molecule has 0 unspecified atom stereocenters. The summed E-state index contributed by atoms with van der Waals surface area (Å²) >= 11 is 0. The van der Waals surface area contributed by atoms with Crippen molar-refractivity contribution in [3.05, 3.63) is 144 Å². The Kier molecular flexibility index (Phi) is 225. The lowest BCUT2D eigenvalue weighted by Gasteiger charge is -2.00. The molecule has 0 aromatic carbocycles. The minimum Gasteiger partial charge on any atom is -0.387 e. The Morgan fingerprint density at radius 3 is 1.02 bits per heavy atom. The number of ether oxygens (including phenoxy) is 1. The first-order chi connectivity index (χ1) is 20.6. The molecule has 0 aliphatic heterocycles. The number of hydrogen-bond acceptors (Lipinski definition) is 15. The van der Waals surface area contributed by atoms with E-state index in [1.165, 1.54) is 7.11 Å². The second kappa shape index (κ2) is 132. The van der Waals surface area contributed by atoms with Gasteiger partial charge in [0.2, 0.25) is 0 Å². The second-order valence-electron chi connectivity index (χ2n) is 2.60. The van der Waals surface area contributed by atoms with Gasteiger partial charge in [0.15, 0.2) is 6.26 Å². The lowest BCUT2D eigenvalue weighted by molar-refractivity contribution is -0.853. The van der Waals surface area contributed by atoms with Gasteiger partial charge in [-0.2, -0.15) is 8.42 Å². The van der Waals surface area contributed by atoms with E-state index in [1.54, 1.807) is 0 Å². The average Bonchev–Trinajstić information content (AvgIpc) is 3.09. The van der Waals surface area contributed by atoms with Gasteiger partial charge < -0.3 is 13.8 Å². The molecule has 0 spiro atoms. The molecule has 0 amide bonds. The van der Waals surface area contributed by atoms with Gasteiger partial charge in [-0.3, -0.25) is 0 Å². The molecule has 16 heteroatoms. The van der Waals surface area contributed by atoms with Crippen LogP contribution in [0.15, 0.2) is 144 Å². The quantitative estimate of drug-likeness (QED) is 0.0411. The fourth-order valence-corrected chi connectivity index (χ4v) is 0.683. The SMILES string of the molecule is C=C.C=C.C=C.C=C.C=C.C=C.C=C.C=C.C=C.C=C.COCCOOOOOOOOOOO/C=C\OS(C)(=O)=O. The summed E-state index contributed by atoms with van der Waals surface area (Å²) in [6.45, 7) is 60.3. The highest BCUT2D eigenvalue weighted by atomic mass is 32.2. The topological polar surface area (TPSA) is 154 Å². The van der Waals surface area contributed by atoms with Crippen LogP contribution in [-0.2, 0) is 74.2 Å². The zero-order chi connectivity index (χ0) is 36.5. The largest absolute Gasteiger partial charge is 0.387 e. The van der Waals surface area contributed by atoms with E-state index >= 15 is 0 Å². The zero-order valence-corrected chi connectivity index (χ0v) is 26.1. The molecule has 0 N–H and O–H groups in total. The Hall–Kier alpha value is -3.75. The minimum atomic E-state index is -3.65. The highest BCUT2D eigenvalue weighted by molar-refractivity contribution is 7.86. The van der Waals surface area contributed by atoms with Gasteiger partial charge in [0.05, 0.1) is 12.9 Å². The predicted octanol–water partition coefficient (Wildman–Crippen LogP) is 7.43. The van der Waals surface area contributed by atoms with Crippen LogP contribution in [0, 0.1) is 0 Å². The Morgan fingerprint density at radius 2 is 0.738 bits per heavy atom. The van der Waals surface area contributed by atoms with Gasteiger partial charge in [0, 0.05) is 32.3 Å². The summed E-state index contributed by atoms with van der Waals surface area (Å²) in [6, 6.07) is 0. The van der Waals surface area contributed by atoms with E-state index in [0.29, 0.717) is 12.5 Å². The van der Waals surface area contributed by atoms with Gasteiger partial charge >= 0.3 is 10.1 Å². The lowest BCUT2D eigenvalue weighted by Crippen LogP contribution is -2.05. The van der Waals surface area contributed by atoms with E-state index < -0.39 is 10.1 Å². The van der Waals surface area contributed by atoms with E-state index in [9.17, 15) is 8.42 Å². The van der Waals surface area contributed by atoms with Crippen molar-refractivity contribution in [3.8, 4) is 0 Å². The van der Waals surface area contributed by atoms with Crippen molar-refractivity contribution in [2.45, 2.75) is 0 Å². The van der Waals surface area contributed by atoms with E-state index in [0.717, 1.165) is 6.26 Å². The van der Waals surface area contributed by atoms with Crippen molar-refractivity contribution >= 4 is 10.1 Å². The van der Waals surface area contributed by atoms with E-state index in [2.05, 4.69) is 196 Å². The Morgan fingerprint density at radius 1 is 0.452 bits per heavy atom. The maximum Gasteiger partial charge on any atom is 0.305 e. The average molecular weight is 637 g/mol. The fourth-order valence-electron chi connectivity index (χ4n) is 0.435. The van der Waals surface area contributed by atoms with Crippen molar-refractivity contribution in [1.29, 1.82) is 0 Å². The van der Waals surface area contributed by atoms with Crippen LogP contribution in [0.25, 0.3) is 0 Å². The minimum absolute atomic E-state index is 0.0647. The first-order valence-corrected chi connectivity index (χ1v) is 11.7.